The highest BCUT2D eigenvalue weighted by molar-refractivity contribution is 7.89. The van der Waals surface area contributed by atoms with Crippen molar-refractivity contribution < 1.29 is 22.7 Å². The van der Waals surface area contributed by atoms with E-state index in [-0.39, 0.29) is 10.8 Å². The summed E-state index contributed by atoms with van der Waals surface area (Å²) >= 11 is 0. The number of ether oxygens (including phenoxy) is 2. The summed E-state index contributed by atoms with van der Waals surface area (Å²) in [6.45, 7) is 1.69. The average molecular weight is 379 g/mol. The maximum atomic E-state index is 12.4. The first-order valence-electron chi connectivity index (χ1n) is 7.67. The molecule has 1 amide bonds. The van der Waals surface area contributed by atoms with Gasteiger partial charge in [-0.1, -0.05) is 0 Å². The molecule has 140 valence electrons. The Bertz CT molecular complexity index is 882. The van der Waals surface area contributed by atoms with Gasteiger partial charge in [-0.2, -0.15) is 0 Å². The molecule has 0 radical (unpaired) electrons. The van der Waals surface area contributed by atoms with Crippen LogP contribution in [0.3, 0.4) is 0 Å². The SMILES string of the molecule is COc1ccc(OC)c(N[C@@H](C)C(=O)Nc2ccc(S(N)(=O)=O)cc2)c1. The summed E-state index contributed by atoms with van der Waals surface area (Å²) in [7, 11) is -0.689. The largest absolute Gasteiger partial charge is 0.497 e. The van der Waals surface area contributed by atoms with Gasteiger partial charge in [-0.25, -0.2) is 13.6 Å². The van der Waals surface area contributed by atoms with Gasteiger partial charge in [-0.3, -0.25) is 4.79 Å². The van der Waals surface area contributed by atoms with Crippen LogP contribution in [-0.4, -0.2) is 34.6 Å². The van der Waals surface area contributed by atoms with Gasteiger partial charge in [0.2, 0.25) is 15.9 Å². The van der Waals surface area contributed by atoms with Crippen LogP contribution in [0.2, 0.25) is 0 Å². The van der Waals surface area contributed by atoms with E-state index in [9.17, 15) is 13.2 Å². The number of sulfonamides is 1. The van der Waals surface area contributed by atoms with Gasteiger partial charge >= 0.3 is 0 Å². The molecule has 0 bridgehead atoms. The van der Waals surface area contributed by atoms with E-state index in [0.717, 1.165) is 0 Å². The standard InChI is InChI=1S/C17H21N3O5S/c1-11(19-15-10-13(24-2)6-9-16(15)25-3)17(21)20-12-4-7-14(8-5-12)26(18,22)23/h4-11,19H,1-3H3,(H,20,21)(H2,18,22,23)/t11-/m0/s1. The second-order valence-electron chi connectivity index (χ2n) is 5.49. The molecule has 0 aromatic heterocycles. The zero-order chi connectivity index (χ0) is 19.3. The second kappa shape index (κ2) is 8.07. The van der Waals surface area contributed by atoms with Crippen molar-refractivity contribution in [2.24, 2.45) is 5.14 Å². The summed E-state index contributed by atoms with van der Waals surface area (Å²) < 4.78 is 32.9. The Balaban J connectivity index is 2.08. The lowest BCUT2D eigenvalue weighted by atomic mass is 10.2. The molecule has 26 heavy (non-hydrogen) atoms. The molecule has 8 nitrogen and oxygen atoms in total. The van der Waals surface area contributed by atoms with Crippen molar-refractivity contribution in [3.63, 3.8) is 0 Å². The molecular formula is C17H21N3O5S. The van der Waals surface area contributed by atoms with Crippen LogP contribution >= 0.6 is 0 Å². The fourth-order valence-electron chi connectivity index (χ4n) is 2.20. The molecule has 9 heteroatoms. The molecular weight excluding hydrogens is 358 g/mol. The number of nitrogens with two attached hydrogens (primary N) is 1. The van der Waals surface area contributed by atoms with E-state index in [1.54, 1.807) is 32.2 Å². The first-order chi connectivity index (χ1) is 12.2. The zero-order valence-corrected chi connectivity index (χ0v) is 15.5. The number of primary sulfonamides is 1. The first-order valence-corrected chi connectivity index (χ1v) is 9.21. The molecule has 0 fully saturated rings. The lowest BCUT2D eigenvalue weighted by molar-refractivity contribution is -0.116. The average Bonchev–Trinajstić information content (AvgIpc) is 2.61. The summed E-state index contributed by atoms with van der Waals surface area (Å²) in [5, 5.41) is 10.8. The third-order valence-corrected chi connectivity index (χ3v) is 4.55. The maximum absolute atomic E-state index is 12.4. The van der Waals surface area contributed by atoms with E-state index in [1.165, 1.54) is 31.4 Å². The lowest BCUT2D eigenvalue weighted by Gasteiger charge is -2.18. The molecule has 0 saturated heterocycles. The Hall–Kier alpha value is -2.78. The van der Waals surface area contributed by atoms with E-state index in [0.29, 0.717) is 22.9 Å². The lowest BCUT2D eigenvalue weighted by Crippen LogP contribution is -2.32. The smallest absolute Gasteiger partial charge is 0.246 e. The highest BCUT2D eigenvalue weighted by Gasteiger charge is 2.16. The van der Waals surface area contributed by atoms with Gasteiger partial charge in [0.1, 0.15) is 17.5 Å². The van der Waals surface area contributed by atoms with Crippen LogP contribution in [0.15, 0.2) is 47.4 Å². The van der Waals surface area contributed by atoms with E-state index in [1.807, 2.05) is 0 Å². The number of carbonyl (C=O) groups excluding carboxylic acids is 1. The third kappa shape index (κ3) is 4.87. The van der Waals surface area contributed by atoms with Gasteiger partial charge in [-0.15, -0.1) is 0 Å². The highest BCUT2D eigenvalue weighted by atomic mass is 32.2. The summed E-state index contributed by atoms with van der Waals surface area (Å²) in [4.78, 5) is 12.3. The number of carbonyl (C=O) groups is 1. The molecule has 2 aromatic rings. The molecule has 0 unspecified atom stereocenters. The number of amides is 1. The van der Waals surface area contributed by atoms with Crippen LogP contribution in [0, 0.1) is 0 Å². The monoisotopic (exact) mass is 379 g/mol. The van der Waals surface area contributed by atoms with Crippen molar-refractivity contribution in [3.05, 3.63) is 42.5 Å². The first kappa shape index (κ1) is 19.5. The Kier molecular flexibility index (Phi) is 6.06. The van der Waals surface area contributed by atoms with Gasteiger partial charge in [0, 0.05) is 11.8 Å². The van der Waals surface area contributed by atoms with Crippen molar-refractivity contribution in [1.82, 2.24) is 0 Å². The topological polar surface area (TPSA) is 120 Å². The predicted octanol–water partition coefficient (Wildman–Crippen LogP) is 1.79. The molecule has 0 aliphatic heterocycles. The Morgan fingerprint density at radius 1 is 1.08 bits per heavy atom. The summed E-state index contributed by atoms with van der Waals surface area (Å²) in [5.74, 6) is 0.890. The second-order valence-corrected chi connectivity index (χ2v) is 7.05. The molecule has 0 heterocycles. The van der Waals surface area contributed by atoms with Crippen molar-refractivity contribution >= 4 is 27.3 Å². The Morgan fingerprint density at radius 2 is 1.73 bits per heavy atom. The van der Waals surface area contributed by atoms with E-state index < -0.39 is 16.1 Å². The number of rotatable bonds is 7. The molecule has 0 saturated carbocycles. The van der Waals surface area contributed by atoms with Crippen LogP contribution in [0.4, 0.5) is 11.4 Å². The van der Waals surface area contributed by atoms with Crippen LogP contribution in [0.1, 0.15) is 6.92 Å². The zero-order valence-electron chi connectivity index (χ0n) is 14.6. The number of hydrogen-bond acceptors (Lipinski definition) is 6. The highest BCUT2D eigenvalue weighted by Crippen LogP contribution is 2.29. The number of hydrogen-bond donors (Lipinski definition) is 3. The van der Waals surface area contributed by atoms with Gasteiger partial charge in [0.25, 0.3) is 0 Å². The summed E-state index contributed by atoms with van der Waals surface area (Å²) in [6.07, 6.45) is 0. The quantitative estimate of drug-likeness (QED) is 0.675. The molecule has 2 rings (SSSR count). The number of methoxy groups -OCH3 is 2. The molecule has 2 aromatic carbocycles. The van der Waals surface area contributed by atoms with Gasteiger partial charge < -0.3 is 20.1 Å². The minimum Gasteiger partial charge on any atom is -0.497 e. The van der Waals surface area contributed by atoms with Crippen molar-refractivity contribution in [1.29, 1.82) is 0 Å². The summed E-state index contributed by atoms with van der Waals surface area (Å²) in [5.41, 5.74) is 1.06. The van der Waals surface area contributed by atoms with Gasteiger partial charge in [0.05, 0.1) is 24.8 Å². The maximum Gasteiger partial charge on any atom is 0.246 e. The minimum absolute atomic E-state index is 0.0252. The Morgan fingerprint density at radius 3 is 2.27 bits per heavy atom. The fourth-order valence-corrected chi connectivity index (χ4v) is 2.72. The van der Waals surface area contributed by atoms with Crippen LogP contribution in [0.5, 0.6) is 11.5 Å². The van der Waals surface area contributed by atoms with Crippen LogP contribution in [-0.2, 0) is 14.8 Å². The molecule has 0 aliphatic rings. The molecule has 1 atom stereocenters. The predicted molar refractivity (Wildman–Crippen MR) is 99.1 cm³/mol. The van der Waals surface area contributed by atoms with Crippen molar-refractivity contribution in [2.75, 3.05) is 24.9 Å². The fraction of sp³-hybridized carbons (Fsp3) is 0.235. The van der Waals surface area contributed by atoms with E-state index in [2.05, 4.69) is 10.6 Å². The Labute approximate surface area is 152 Å². The molecule has 0 aliphatic carbocycles. The van der Waals surface area contributed by atoms with Crippen LogP contribution in [0.25, 0.3) is 0 Å². The number of benzene rings is 2. The third-order valence-electron chi connectivity index (χ3n) is 3.62. The van der Waals surface area contributed by atoms with Crippen LogP contribution < -0.4 is 25.2 Å². The van der Waals surface area contributed by atoms with Crippen molar-refractivity contribution in [3.8, 4) is 11.5 Å². The van der Waals surface area contributed by atoms with Gasteiger partial charge in [0.15, 0.2) is 0 Å². The van der Waals surface area contributed by atoms with E-state index in [4.69, 9.17) is 14.6 Å². The number of nitrogens with one attached hydrogen (secondary N) is 2. The van der Waals surface area contributed by atoms with Crippen molar-refractivity contribution in [2.45, 2.75) is 17.9 Å². The number of anilines is 2. The molecule has 4 N–H and O–H groups in total. The minimum atomic E-state index is -3.77. The summed E-state index contributed by atoms with van der Waals surface area (Å²) in [6, 6.07) is 10.2. The van der Waals surface area contributed by atoms with E-state index >= 15 is 0 Å². The molecule has 0 spiro atoms. The van der Waals surface area contributed by atoms with Gasteiger partial charge in [-0.05, 0) is 43.3 Å². The normalized spacial score (nSPS) is 12.2.